The second-order valence-corrected chi connectivity index (χ2v) is 16.0. The van der Waals surface area contributed by atoms with Crippen molar-refractivity contribution in [3.8, 4) is 0 Å². The summed E-state index contributed by atoms with van der Waals surface area (Å²) in [6.07, 6.45) is 6.65. The van der Waals surface area contributed by atoms with Crippen LogP contribution < -0.4 is 0 Å². The first-order valence-electron chi connectivity index (χ1n) is 16.2. The summed E-state index contributed by atoms with van der Waals surface area (Å²) in [5, 5.41) is 46.8. The first-order chi connectivity index (χ1) is 21.3. The molecule has 264 valence electrons. The second-order valence-electron chi connectivity index (χ2n) is 14.3. The normalized spacial score (nSPS) is 14.7. The molecule has 0 saturated heterocycles. The van der Waals surface area contributed by atoms with Crippen molar-refractivity contribution in [2.24, 2.45) is 5.41 Å². The number of unbranched alkanes of at least 4 members (excludes halogenated alkanes) is 6. The van der Waals surface area contributed by atoms with Crippen LogP contribution in [-0.2, 0) is 20.7 Å². The van der Waals surface area contributed by atoms with E-state index in [4.69, 9.17) is 19.6 Å². The molecule has 2 unspecified atom stereocenters. The van der Waals surface area contributed by atoms with E-state index in [2.05, 4.69) is 64.9 Å². The van der Waals surface area contributed by atoms with Crippen LogP contribution in [0.4, 0.5) is 0 Å². The highest BCUT2D eigenvalue weighted by Crippen LogP contribution is 2.53. The summed E-state index contributed by atoms with van der Waals surface area (Å²) in [6.45, 7) is 15.9. The van der Waals surface area contributed by atoms with Gasteiger partial charge in [0.05, 0.1) is 24.7 Å². The maximum Gasteiger partial charge on any atom is 0.334 e. The molecular formula is C35H60O9P2. The Hall–Kier alpha value is -1.06. The standard InChI is InChI=1S/C35H56O4.H4O5P2/c1-9-10-11-12-13-14-18-21-35(39,27-19-16-15-17-20-27)34(24-36,25-37)31(38)30-26(2)22-28(32(3,4)5)23-29(30)33(6,7)8;1-6(2)5-7(3)4/h15-17,19-20,22-23,31,36-39H,9-14,18,21,24-25H2,1-8H3;1-4H. The predicted molar refractivity (Wildman–Crippen MR) is 187 cm³/mol. The second kappa shape index (κ2) is 19.2. The molecule has 0 aromatic heterocycles. The van der Waals surface area contributed by atoms with Gasteiger partial charge in [-0.15, -0.1) is 0 Å². The van der Waals surface area contributed by atoms with Crippen LogP contribution in [0.1, 0.15) is 134 Å². The van der Waals surface area contributed by atoms with E-state index < -0.39 is 47.5 Å². The molecule has 11 heteroatoms. The van der Waals surface area contributed by atoms with E-state index in [1.54, 1.807) is 0 Å². The number of aryl methyl sites for hydroxylation is 1. The third kappa shape index (κ3) is 11.8. The van der Waals surface area contributed by atoms with Crippen LogP contribution in [0.25, 0.3) is 0 Å². The van der Waals surface area contributed by atoms with Gasteiger partial charge in [-0.3, -0.25) is 0 Å². The molecule has 0 heterocycles. The molecule has 0 bridgehead atoms. The Labute approximate surface area is 279 Å². The largest absolute Gasteiger partial charge is 0.395 e. The SMILES string of the molecule is CCCCCCCCCC(O)(c1ccccc1)C(CO)(CO)C(O)c1c(C)cc(C(C)(C)C)cc1C(C)(C)C.OP(O)OP(O)O. The highest BCUT2D eigenvalue weighted by atomic mass is 31.2. The van der Waals surface area contributed by atoms with Gasteiger partial charge >= 0.3 is 17.2 Å². The van der Waals surface area contributed by atoms with Crippen molar-refractivity contribution in [1.82, 2.24) is 0 Å². The fourth-order valence-electron chi connectivity index (χ4n) is 6.00. The Morgan fingerprint density at radius 2 is 1.22 bits per heavy atom. The van der Waals surface area contributed by atoms with E-state index in [-0.39, 0.29) is 10.8 Å². The Morgan fingerprint density at radius 1 is 0.717 bits per heavy atom. The topological polar surface area (TPSA) is 171 Å². The number of hydrogen-bond donors (Lipinski definition) is 8. The minimum Gasteiger partial charge on any atom is -0.395 e. The molecule has 0 saturated carbocycles. The van der Waals surface area contributed by atoms with Gasteiger partial charge in [0, 0.05) is 0 Å². The smallest absolute Gasteiger partial charge is 0.334 e. The lowest BCUT2D eigenvalue weighted by molar-refractivity contribution is -0.197. The van der Waals surface area contributed by atoms with Gasteiger partial charge in [-0.25, -0.2) is 4.31 Å². The Bertz CT molecular complexity index is 1140. The molecule has 46 heavy (non-hydrogen) atoms. The summed E-state index contributed by atoms with van der Waals surface area (Å²) in [7, 11) is -5.22. The highest BCUT2D eigenvalue weighted by molar-refractivity contribution is 7.53. The molecule has 2 aromatic carbocycles. The molecule has 0 amide bonds. The molecule has 2 aromatic rings. The van der Waals surface area contributed by atoms with Crippen LogP contribution in [0.2, 0.25) is 0 Å². The number of aliphatic hydroxyl groups is 4. The Balaban J connectivity index is 0.00000135. The lowest BCUT2D eigenvalue weighted by Crippen LogP contribution is -2.55. The Kier molecular flexibility index (Phi) is 17.9. The van der Waals surface area contributed by atoms with Crippen molar-refractivity contribution in [3.63, 3.8) is 0 Å². The fourth-order valence-corrected chi connectivity index (χ4v) is 6.52. The van der Waals surface area contributed by atoms with Crippen LogP contribution in [0.3, 0.4) is 0 Å². The lowest BCUT2D eigenvalue weighted by Gasteiger charge is -2.50. The third-order valence-electron chi connectivity index (χ3n) is 8.79. The van der Waals surface area contributed by atoms with E-state index in [1.807, 2.05) is 37.3 Å². The first kappa shape index (κ1) is 43.0. The van der Waals surface area contributed by atoms with Gasteiger partial charge in [0.2, 0.25) is 0 Å². The molecule has 0 aliphatic carbocycles. The number of rotatable bonds is 16. The summed E-state index contributed by atoms with van der Waals surface area (Å²) in [6, 6.07) is 13.6. The van der Waals surface area contributed by atoms with Crippen LogP contribution in [0, 0.1) is 12.3 Å². The minimum atomic E-state index is -2.61. The summed E-state index contributed by atoms with van der Waals surface area (Å²) >= 11 is 0. The van der Waals surface area contributed by atoms with Gasteiger partial charge in [0.15, 0.2) is 0 Å². The quantitative estimate of drug-likeness (QED) is 0.0681. The molecule has 9 nitrogen and oxygen atoms in total. The molecular weight excluding hydrogens is 626 g/mol. The molecule has 8 N–H and O–H groups in total. The maximum absolute atomic E-state index is 12.6. The molecule has 0 aliphatic heterocycles. The summed E-state index contributed by atoms with van der Waals surface area (Å²) < 4.78 is 3.60. The maximum atomic E-state index is 12.6. The van der Waals surface area contributed by atoms with Crippen molar-refractivity contribution in [1.29, 1.82) is 0 Å². The van der Waals surface area contributed by atoms with Crippen LogP contribution >= 0.6 is 17.2 Å². The summed E-state index contributed by atoms with van der Waals surface area (Å²) in [4.78, 5) is 31.3. The number of hydrogen-bond acceptors (Lipinski definition) is 9. The summed E-state index contributed by atoms with van der Waals surface area (Å²) in [5.74, 6) is 0. The zero-order chi connectivity index (χ0) is 35.3. The van der Waals surface area contributed by atoms with Crippen LogP contribution in [0.5, 0.6) is 0 Å². The average molecular weight is 687 g/mol. The van der Waals surface area contributed by atoms with E-state index in [9.17, 15) is 20.4 Å². The molecule has 0 spiro atoms. The molecule has 2 atom stereocenters. The minimum absolute atomic E-state index is 0.0822. The molecule has 0 aliphatic rings. The van der Waals surface area contributed by atoms with Gasteiger partial charge in [-0.2, -0.15) is 0 Å². The third-order valence-corrected chi connectivity index (χ3v) is 9.95. The predicted octanol–water partition coefficient (Wildman–Crippen LogP) is 7.05. The molecule has 0 radical (unpaired) electrons. The van der Waals surface area contributed by atoms with Crippen molar-refractivity contribution >= 4 is 17.2 Å². The van der Waals surface area contributed by atoms with E-state index >= 15 is 0 Å². The van der Waals surface area contributed by atoms with E-state index in [0.29, 0.717) is 17.5 Å². The van der Waals surface area contributed by atoms with Gasteiger partial charge in [-0.05, 0) is 52.0 Å². The van der Waals surface area contributed by atoms with E-state index in [1.165, 1.54) is 31.2 Å². The van der Waals surface area contributed by atoms with Gasteiger partial charge in [0.25, 0.3) is 0 Å². The monoisotopic (exact) mass is 686 g/mol. The average Bonchev–Trinajstić information content (AvgIpc) is 2.96. The van der Waals surface area contributed by atoms with Crippen molar-refractivity contribution < 1.29 is 44.3 Å². The summed E-state index contributed by atoms with van der Waals surface area (Å²) in [5.41, 5.74) is 0.710. The van der Waals surface area contributed by atoms with Crippen molar-refractivity contribution in [3.05, 3.63) is 70.3 Å². The zero-order valence-corrected chi connectivity index (χ0v) is 30.9. The number of aliphatic hydroxyl groups excluding tert-OH is 3. The van der Waals surface area contributed by atoms with Gasteiger partial charge in [0.1, 0.15) is 5.60 Å². The van der Waals surface area contributed by atoms with Crippen LogP contribution in [0.15, 0.2) is 42.5 Å². The Morgan fingerprint density at radius 3 is 1.63 bits per heavy atom. The fraction of sp³-hybridized carbons (Fsp3) is 0.657. The lowest BCUT2D eigenvalue weighted by atomic mass is 9.60. The zero-order valence-electron chi connectivity index (χ0n) is 29.1. The van der Waals surface area contributed by atoms with Crippen molar-refractivity contribution in [2.45, 2.75) is 129 Å². The van der Waals surface area contributed by atoms with Crippen LogP contribution in [-0.4, -0.2) is 53.2 Å². The van der Waals surface area contributed by atoms with Gasteiger partial charge in [-0.1, -0.05) is 136 Å². The number of benzene rings is 2. The van der Waals surface area contributed by atoms with Gasteiger partial charge < -0.3 is 40.0 Å². The molecule has 0 fully saturated rings. The first-order valence-corrected chi connectivity index (χ1v) is 18.5. The van der Waals surface area contributed by atoms with Crippen molar-refractivity contribution in [2.75, 3.05) is 13.2 Å². The highest BCUT2D eigenvalue weighted by Gasteiger charge is 2.56. The molecule has 2 rings (SSSR count). The van der Waals surface area contributed by atoms with E-state index in [0.717, 1.165) is 30.4 Å².